The first kappa shape index (κ1) is 15.3. The molecule has 5 heteroatoms. The van der Waals surface area contributed by atoms with Gasteiger partial charge in [-0.25, -0.2) is 0 Å². The highest BCUT2D eigenvalue weighted by Crippen LogP contribution is 2.59. The molecule has 1 aliphatic rings. The summed E-state index contributed by atoms with van der Waals surface area (Å²) in [5.41, 5.74) is 1.13. The zero-order chi connectivity index (χ0) is 14.4. The Morgan fingerprint density at radius 3 is 2.35 bits per heavy atom. The van der Waals surface area contributed by atoms with Gasteiger partial charge in [0.15, 0.2) is 0 Å². The minimum absolute atomic E-state index is 0.0108. The van der Waals surface area contributed by atoms with E-state index >= 15 is 0 Å². The van der Waals surface area contributed by atoms with E-state index in [0.717, 1.165) is 12.0 Å². The fourth-order valence-corrected chi connectivity index (χ4v) is 3.90. The molecule has 4 nitrogen and oxygen atoms in total. The van der Waals surface area contributed by atoms with Gasteiger partial charge in [-0.1, -0.05) is 30.3 Å². The number of allylic oxidation sites excluding steroid dienone is 1. The lowest BCUT2D eigenvalue weighted by Crippen LogP contribution is -2.09. The van der Waals surface area contributed by atoms with Crippen molar-refractivity contribution in [2.45, 2.75) is 32.8 Å². The molecule has 0 fully saturated rings. The first-order chi connectivity index (χ1) is 9.69. The molecule has 2 rings (SSSR count). The molecule has 0 N–H and O–H groups in total. The van der Waals surface area contributed by atoms with Crippen LogP contribution < -0.4 is 0 Å². The summed E-state index contributed by atoms with van der Waals surface area (Å²) in [7, 11) is -3.18. The zero-order valence-electron chi connectivity index (χ0n) is 12.0. The van der Waals surface area contributed by atoms with Crippen molar-refractivity contribution in [2.24, 2.45) is 0 Å². The Morgan fingerprint density at radius 2 is 1.85 bits per heavy atom. The summed E-state index contributed by atoms with van der Waals surface area (Å²) in [5, 5.41) is 0.633. The van der Waals surface area contributed by atoms with Gasteiger partial charge in [-0.05, 0) is 32.3 Å². The fraction of sp³-hybridized carbons (Fsp3) is 0.467. The van der Waals surface area contributed by atoms with E-state index in [2.05, 4.69) is 0 Å². The summed E-state index contributed by atoms with van der Waals surface area (Å²) in [6.07, 6.45) is 3.01. The molecule has 20 heavy (non-hydrogen) atoms. The second-order valence-electron chi connectivity index (χ2n) is 4.52. The second kappa shape index (κ2) is 7.07. The Hall–Kier alpha value is -1.09. The van der Waals surface area contributed by atoms with Crippen molar-refractivity contribution in [1.29, 1.82) is 0 Å². The third-order valence-corrected chi connectivity index (χ3v) is 5.38. The van der Waals surface area contributed by atoms with Crippen molar-refractivity contribution in [3.05, 3.63) is 47.5 Å². The third kappa shape index (κ3) is 3.51. The van der Waals surface area contributed by atoms with E-state index in [-0.39, 0.29) is 6.10 Å². The highest BCUT2D eigenvalue weighted by atomic mass is 31.2. The Bertz CT molecular complexity index is 488. The quantitative estimate of drug-likeness (QED) is 0.717. The van der Waals surface area contributed by atoms with Crippen LogP contribution in [0.15, 0.2) is 41.9 Å². The average Bonchev–Trinajstić information content (AvgIpc) is 2.49. The monoisotopic (exact) mass is 296 g/mol. The first-order valence-corrected chi connectivity index (χ1v) is 8.53. The van der Waals surface area contributed by atoms with Crippen LogP contribution in [0.5, 0.6) is 0 Å². The Balaban J connectivity index is 2.10. The molecule has 0 saturated carbocycles. The van der Waals surface area contributed by atoms with Crippen molar-refractivity contribution in [3.8, 4) is 0 Å². The predicted molar refractivity (Wildman–Crippen MR) is 78.4 cm³/mol. The summed E-state index contributed by atoms with van der Waals surface area (Å²) < 4.78 is 29.0. The minimum Gasteiger partial charge on any atom is -0.493 e. The summed E-state index contributed by atoms with van der Waals surface area (Å²) >= 11 is 0. The van der Waals surface area contributed by atoms with Crippen molar-refractivity contribution in [3.63, 3.8) is 0 Å². The molecule has 1 aliphatic heterocycles. The first-order valence-electron chi connectivity index (χ1n) is 6.98. The minimum atomic E-state index is -3.18. The van der Waals surface area contributed by atoms with Crippen molar-refractivity contribution in [1.82, 2.24) is 0 Å². The maximum atomic E-state index is 12.6. The molecule has 0 radical (unpaired) electrons. The van der Waals surface area contributed by atoms with Crippen LogP contribution in [0.1, 0.15) is 38.4 Å². The van der Waals surface area contributed by atoms with Crippen LogP contribution in [0.2, 0.25) is 0 Å². The molecule has 0 bridgehead atoms. The van der Waals surface area contributed by atoms with Gasteiger partial charge < -0.3 is 13.8 Å². The van der Waals surface area contributed by atoms with Gasteiger partial charge >= 0.3 is 7.60 Å². The summed E-state index contributed by atoms with van der Waals surface area (Å²) in [6, 6.07) is 10.0. The van der Waals surface area contributed by atoms with Crippen molar-refractivity contribution >= 4 is 7.60 Å². The summed E-state index contributed by atoms with van der Waals surface area (Å²) in [4.78, 5) is 0. The molecule has 1 aromatic rings. The number of ether oxygens (including phenoxy) is 1. The van der Waals surface area contributed by atoms with Gasteiger partial charge in [-0.15, -0.1) is 0 Å². The average molecular weight is 296 g/mol. The van der Waals surface area contributed by atoms with E-state index in [1.54, 1.807) is 6.26 Å². The maximum Gasteiger partial charge on any atom is 0.360 e. The van der Waals surface area contributed by atoms with E-state index in [9.17, 15) is 4.57 Å². The Labute approximate surface area is 120 Å². The normalized spacial score (nSPS) is 19.3. The van der Waals surface area contributed by atoms with Gasteiger partial charge in [0.05, 0.1) is 24.8 Å². The lowest BCUT2D eigenvalue weighted by molar-refractivity contribution is 0.120. The molecule has 0 saturated heterocycles. The Kier molecular flexibility index (Phi) is 5.41. The molecule has 0 aliphatic carbocycles. The van der Waals surface area contributed by atoms with Gasteiger partial charge in [-0.2, -0.15) is 0 Å². The molecular weight excluding hydrogens is 275 g/mol. The standard InChI is InChI=1S/C15H21O4P/c1-3-18-20(16,19-4-2)14-10-11-15(17-12-14)13-8-6-5-7-9-13/h5-9,12,15H,3-4,10-11H2,1-2H3. The van der Waals surface area contributed by atoms with Crippen LogP contribution in [-0.4, -0.2) is 13.2 Å². The Morgan fingerprint density at radius 1 is 1.20 bits per heavy atom. The van der Waals surface area contributed by atoms with Crippen LogP contribution in [0.4, 0.5) is 0 Å². The predicted octanol–water partition coefficient (Wildman–Crippen LogP) is 4.65. The SMILES string of the molecule is CCOP(=O)(OCC)C1=COC(c2ccccc2)CC1. The van der Waals surface area contributed by atoms with E-state index in [0.29, 0.717) is 24.9 Å². The second-order valence-corrected chi connectivity index (χ2v) is 6.60. The van der Waals surface area contributed by atoms with E-state index in [1.165, 1.54) is 0 Å². The van der Waals surface area contributed by atoms with Gasteiger partial charge in [0.1, 0.15) is 6.10 Å². The van der Waals surface area contributed by atoms with Crippen LogP contribution in [0, 0.1) is 0 Å². The molecule has 0 aromatic heterocycles. The van der Waals surface area contributed by atoms with Gasteiger partial charge in [0.2, 0.25) is 0 Å². The van der Waals surface area contributed by atoms with E-state index in [1.807, 2.05) is 44.2 Å². The topological polar surface area (TPSA) is 44.8 Å². The maximum absolute atomic E-state index is 12.6. The van der Waals surface area contributed by atoms with Crippen LogP contribution >= 0.6 is 7.60 Å². The largest absolute Gasteiger partial charge is 0.493 e. The van der Waals surface area contributed by atoms with Crippen LogP contribution in [0.25, 0.3) is 0 Å². The molecule has 1 atom stereocenters. The number of rotatable bonds is 6. The van der Waals surface area contributed by atoms with Crippen molar-refractivity contribution < 1.29 is 18.3 Å². The van der Waals surface area contributed by atoms with E-state index in [4.69, 9.17) is 13.8 Å². The van der Waals surface area contributed by atoms with Crippen LogP contribution in [0.3, 0.4) is 0 Å². The molecule has 1 aromatic carbocycles. The van der Waals surface area contributed by atoms with Gasteiger partial charge in [-0.3, -0.25) is 4.57 Å². The summed E-state index contributed by atoms with van der Waals surface area (Å²) in [5.74, 6) is 0. The fourth-order valence-electron chi connectivity index (χ4n) is 2.22. The lowest BCUT2D eigenvalue weighted by atomic mass is 10.0. The summed E-state index contributed by atoms with van der Waals surface area (Å²) in [6.45, 7) is 4.33. The number of hydrogen-bond donors (Lipinski definition) is 0. The van der Waals surface area contributed by atoms with Crippen LogP contribution in [-0.2, 0) is 18.3 Å². The number of benzene rings is 1. The molecule has 0 amide bonds. The highest BCUT2D eigenvalue weighted by Gasteiger charge is 2.33. The third-order valence-electron chi connectivity index (χ3n) is 3.15. The smallest absolute Gasteiger partial charge is 0.360 e. The van der Waals surface area contributed by atoms with Crippen molar-refractivity contribution in [2.75, 3.05) is 13.2 Å². The number of hydrogen-bond acceptors (Lipinski definition) is 4. The zero-order valence-corrected chi connectivity index (χ0v) is 12.8. The van der Waals surface area contributed by atoms with Gasteiger partial charge in [0.25, 0.3) is 0 Å². The lowest BCUT2D eigenvalue weighted by Gasteiger charge is -2.27. The molecule has 1 unspecified atom stereocenters. The molecule has 0 spiro atoms. The van der Waals surface area contributed by atoms with E-state index < -0.39 is 7.60 Å². The molecular formula is C15H21O4P. The van der Waals surface area contributed by atoms with Gasteiger partial charge in [0, 0.05) is 0 Å². The molecule has 110 valence electrons. The highest BCUT2D eigenvalue weighted by molar-refractivity contribution is 7.58. The molecule has 1 heterocycles.